The van der Waals surface area contributed by atoms with Crippen molar-refractivity contribution in [3.8, 4) is 0 Å². The molecule has 0 aliphatic carbocycles. The summed E-state index contributed by atoms with van der Waals surface area (Å²) in [6.45, 7) is 7.39. The topological polar surface area (TPSA) is 52.7 Å². The highest BCUT2D eigenvalue weighted by Crippen LogP contribution is 2.19. The highest BCUT2D eigenvalue weighted by Gasteiger charge is 2.24. The fourth-order valence-corrected chi connectivity index (χ4v) is 2.77. The van der Waals surface area contributed by atoms with Gasteiger partial charge in [-0.2, -0.15) is 0 Å². The minimum Gasteiger partial charge on any atom is -0.355 e. The van der Waals surface area contributed by atoms with E-state index in [1.54, 1.807) is 4.90 Å². The van der Waals surface area contributed by atoms with Crippen molar-refractivity contribution in [1.29, 1.82) is 0 Å². The van der Waals surface area contributed by atoms with Gasteiger partial charge in [-0.15, -0.1) is 0 Å². The first-order chi connectivity index (χ1) is 11.4. The van der Waals surface area contributed by atoms with Crippen LogP contribution in [0.3, 0.4) is 0 Å². The molecule has 1 aromatic carbocycles. The maximum atomic E-state index is 13.1. The smallest absolute Gasteiger partial charge is 0.255 e. The van der Waals surface area contributed by atoms with Crippen LogP contribution in [0.25, 0.3) is 0 Å². The van der Waals surface area contributed by atoms with E-state index < -0.39 is 5.82 Å². The normalized spacial score (nSPS) is 15.6. The van der Waals surface area contributed by atoms with Crippen molar-refractivity contribution in [3.63, 3.8) is 0 Å². The first-order valence-corrected chi connectivity index (χ1v) is 8.48. The second-order valence-electron chi connectivity index (χ2n) is 6.39. The SMILES string of the molecule is CC(C)CNC(=O)CN1CCN(C(=O)c2ccc(F)cc2Cl)CC1. The predicted molar refractivity (Wildman–Crippen MR) is 91.6 cm³/mol. The third-order valence-electron chi connectivity index (χ3n) is 3.90. The van der Waals surface area contributed by atoms with Gasteiger partial charge in [0.2, 0.25) is 5.91 Å². The fraction of sp³-hybridized carbons (Fsp3) is 0.529. The Balaban J connectivity index is 1.84. The number of carbonyl (C=O) groups is 2. The molecule has 0 aromatic heterocycles. The zero-order valence-electron chi connectivity index (χ0n) is 14.0. The number of hydrogen-bond donors (Lipinski definition) is 1. The van der Waals surface area contributed by atoms with Gasteiger partial charge in [-0.25, -0.2) is 4.39 Å². The van der Waals surface area contributed by atoms with Crippen LogP contribution >= 0.6 is 11.6 Å². The average molecular weight is 356 g/mol. The summed E-state index contributed by atoms with van der Waals surface area (Å²) >= 11 is 5.95. The second-order valence-corrected chi connectivity index (χ2v) is 6.80. The zero-order chi connectivity index (χ0) is 17.7. The van der Waals surface area contributed by atoms with Crippen molar-refractivity contribution < 1.29 is 14.0 Å². The molecule has 1 aliphatic rings. The lowest BCUT2D eigenvalue weighted by molar-refractivity contribution is -0.122. The van der Waals surface area contributed by atoms with Crippen LogP contribution in [-0.4, -0.2) is 60.9 Å². The van der Waals surface area contributed by atoms with Crippen molar-refractivity contribution in [2.24, 2.45) is 5.92 Å². The molecule has 132 valence electrons. The molecule has 1 saturated heterocycles. The van der Waals surface area contributed by atoms with E-state index in [9.17, 15) is 14.0 Å². The number of hydrogen-bond acceptors (Lipinski definition) is 3. The summed E-state index contributed by atoms with van der Waals surface area (Å²) in [7, 11) is 0. The highest BCUT2D eigenvalue weighted by molar-refractivity contribution is 6.33. The molecule has 0 saturated carbocycles. The molecule has 1 N–H and O–H groups in total. The molecule has 1 aliphatic heterocycles. The van der Waals surface area contributed by atoms with Crippen molar-refractivity contribution in [2.45, 2.75) is 13.8 Å². The first-order valence-electron chi connectivity index (χ1n) is 8.10. The second kappa shape index (κ2) is 8.44. The predicted octanol–water partition coefficient (Wildman–Crippen LogP) is 2.01. The van der Waals surface area contributed by atoms with Crippen LogP contribution in [0.4, 0.5) is 4.39 Å². The Bertz CT molecular complexity index is 601. The van der Waals surface area contributed by atoms with Gasteiger partial charge >= 0.3 is 0 Å². The molecule has 24 heavy (non-hydrogen) atoms. The van der Waals surface area contributed by atoms with Crippen LogP contribution in [-0.2, 0) is 4.79 Å². The highest BCUT2D eigenvalue weighted by atomic mass is 35.5. The van der Waals surface area contributed by atoms with E-state index in [4.69, 9.17) is 11.6 Å². The number of amides is 2. The number of halogens is 2. The molecule has 1 heterocycles. The van der Waals surface area contributed by atoms with Crippen LogP contribution in [0.5, 0.6) is 0 Å². The Morgan fingerprint density at radius 3 is 2.50 bits per heavy atom. The molecule has 2 amide bonds. The van der Waals surface area contributed by atoms with E-state index in [1.165, 1.54) is 12.1 Å². The molecule has 1 aromatic rings. The molecular weight excluding hydrogens is 333 g/mol. The van der Waals surface area contributed by atoms with Crippen molar-refractivity contribution >= 4 is 23.4 Å². The molecule has 0 atom stereocenters. The molecular formula is C17H23ClFN3O2. The minimum absolute atomic E-state index is 0.00468. The molecule has 0 unspecified atom stereocenters. The van der Waals surface area contributed by atoms with Gasteiger partial charge in [0, 0.05) is 32.7 Å². The Kier molecular flexibility index (Phi) is 6.57. The molecule has 0 bridgehead atoms. The van der Waals surface area contributed by atoms with Gasteiger partial charge in [0.15, 0.2) is 0 Å². The lowest BCUT2D eigenvalue weighted by Gasteiger charge is -2.34. The van der Waals surface area contributed by atoms with Gasteiger partial charge in [0.25, 0.3) is 5.91 Å². The number of piperazine rings is 1. The Labute approximate surface area is 146 Å². The lowest BCUT2D eigenvalue weighted by atomic mass is 10.1. The standard InChI is InChI=1S/C17H23ClFN3O2/c1-12(2)10-20-16(23)11-21-5-7-22(8-6-21)17(24)14-4-3-13(19)9-15(14)18/h3-4,9,12H,5-8,10-11H2,1-2H3,(H,20,23). The van der Waals surface area contributed by atoms with Crippen molar-refractivity contribution in [1.82, 2.24) is 15.1 Å². The van der Waals surface area contributed by atoms with Gasteiger partial charge in [-0.05, 0) is 24.1 Å². The number of nitrogens with one attached hydrogen (secondary N) is 1. The van der Waals surface area contributed by atoms with Gasteiger partial charge in [0.05, 0.1) is 17.1 Å². The number of benzene rings is 1. The quantitative estimate of drug-likeness (QED) is 0.879. The summed E-state index contributed by atoms with van der Waals surface area (Å²) in [5, 5.41) is 3.01. The largest absolute Gasteiger partial charge is 0.355 e. The van der Waals surface area contributed by atoms with Crippen LogP contribution in [0, 0.1) is 11.7 Å². The van der Waals surface area contributed by atoms with Gasteiger partial charge in [-0.3, -0.25) is 14.5 Å². The maximum absolute atomic E-state index is 13.1. The Hall–Kier alpha value is -1.66. The lowest BCUT2D eigenvalue weighted by Crippen LogP contribution is -2.51. The van der Waals surface area contributed by atoms with Crippen molar-refractivity contribution in [3.05, 3.63) is 34.6 Å². The van der Waals surface area contributed by atoms with Crippen LogP contribution < -0.4 is 5.32 Å². The first kappa shape index (κ1) is 18.7. The van der Waals surface area contributed by atoms with Gasteiger partial charge in [0.1, 0.15) is 5.82 Å². The van der Waals surface area contributed by atoms with Crippen molar-refractivity contribution in [2.75, 3.05) is 39.3 Å². The van der Waals surface area contributed by atoms with E-state index in [0.717, 1.165) is 6.07 Å². The van der Waals surface area contributed by atoms with Crippen LogP contribution in [0.15, 0.2) is 18.2 Å². The molecule has 5 nitrogen and oxygen atoms in total. The Morgan fingerprint density at radius 2 is 1.92 bits per heavy atom. The summed E-state index contributed by atoms with van der Waals surface area (Å²) < 4.78 is 13.1. The Morgan fingerprint density at radius 1 is 1.25 bits per heavy atom. The van der Waals surface area contributed by atoms with E-state index in [0.29, 0.717) is 50.7 Å². The average Bonchev–Trinajstić information content (AvgIpc) is 2.53. The van der Waals surface area contributed by atoms with Crippen LogP contribution in [0.1, 0.15) is 24.2 Å². The maximum Gasteiger partial charge on any atom is 0.255 e. The summed E-state index contributed by atoms with van der Waals surface area (Å²) in [5.74, 6) is -0.244. The third kappa shape index (κ3) is 5.18. The summed E-state index contributed by atoms with van der Waals surface area (Å²) in [4.78, 5) is 28.0. The summed E-state index contributed by atoms with van der Waals surface area (Å²) in [6.07, 6.45) is 0. The number of rotatable bonds is 5. The fourth-order valence-electron chi connectivity index (χ4n) is 2.52. The van der Waals surface area contributed by atoms with E-state index in [1.807, 2.05) is 18.7 Å². The number of carbonyl (C=O) groups excluding carboxylic acids is 2. The van der Waals surface area contributed by atoms with E-state index in [-0.39, 0.29) is 16.8 Å². The molecule has 0 spiro atoms. The summed E-state index contributed by atoms with van der Waals surface area (Å²) in [5.41, 5.74) is 0.307. The third-order valence-corrected chi connectivity index (χ3v) is 4.21. The van der Waals surface area contributed by atoms with E-state index >= 15 is 0 Å². The molecule has 1 fully saturated rings. The molecule has 0 radical (unpaired) electrons. The molecule has 7 heteroatoms. The van der Waals surface area contributed by atoms with Gasteiger partial charge in [-0.1, -0.05) is 25.4 Å². The van der Waals surface area contributed by atoms with E-state index in [2.05, 4.69) is 5.32 Å². The molecule has 2 rings (SSSR count). The minimum atomic E-state index is -0.464. The van der Waals surface area contributed by atoms with Gasteiger partial charge < -0.3 is 10.2 Å². The van der Waals surface area contributed by atoms with Crippen LogP contribution in [0.2, 0.25) is 5.02 Å². The zero-order valence-corrected chi connectivity index (χ0v) is 14.8. The number of nitrogens with zero attached hydrogens (tertiary/aromatic N) is 2. The monoisotopic (exact) mass is 355 g/mol. The summed E-state index contributed by atoms with van der Waals surface area (Å²) in [6, 6.07) is 3.78.